The minimum Gasteiger partial charge on any atom is -0.491 e. The van der Waals surface area contributed by atoms with Crippen molar-refractivity contribution in [2.45, 2.75) is 53.3 Å². The highest BCUT2D eigenvalue weighted by Gasteiger charge is 2.06. The van der Waals surface area contributed by atoms with E-state index in [0.717, 1.165) is 12.3 Å². The number of nitrogens with one attached hydrogen (secondary N) is 1. The second-order valence-electron chi connectivity index (χ2n) is 4.81. The third kappa shape index (κ3) is 4.23. The molecule has 16 heavy (non-hydrogen) atoms. The van der Waals surface area contributed by atoms with Gasteiger partial charge < -0.3 is 10.1 Å². The van der Waals surface area contributed by atoms with Gasteiger partial charge in [0, 0.05) is 18.2 Å². The molecule has 0 atom stereocenters. The van der Waals surface area contributed by atoms with Gasteiger partial charge in [-0.2, -0.15) is 0 Å². The van der Waals surface area contributed by atoms with Crippen molar-refractivity contribution < 1.29 is 4.74 Å². The van der Waals surface area contributed by atoms with Gasteiger partial charge in [-0.25, -0.2) is 0 Å². The van der Waals surface area contributed by atoms with Crippen LogP contribution in [0, 0.1) is 6.92 Å². The van der Waals surface area contributed by atoms with Gasteiger partial charge in [0.05, 0.1) is 6.10 Å². The molecular weight excluding hydrogens is 198 g/mol. The molecule has 0 saturated heterocycles. The van der Waals surface area contributed by atoms with Crippen LogP contribution < -0.4 is 10.1 Å². The molecule has 0 bridgehead atoms. The Morgan fingerprint density at radius 2 is 1.88 bits per heavy atom. The molecule has 0 aliphatic rings. The Balaban J connectivity index is 2.81. The van der Waals surface area contributed by atoms with Crippen LogP contribution in [-0.2, 0) is 6.54 Å². The largest absolute Gasteiger partial charge is 0.491 e. The molecule has 1 rings (SSSR count). The van der Waals surface area contributed by atoms with Crippen LogP contribution in [0.25, 0.3) is 0 Å². The van der Waals surface area contributed by atoms with Gasteiger partial charge in [0.2, 0.25) is 0 Å². The van der Waals surface area contributed by atoms with Crippen molar-refractivity contribution in [1.29, 1.82) is 0 Å². The van der Waals surface area contributed by atoms with Crippen molar-refractivity contribution in [3.05, 3.63) is 29.3 Å². The molecule has 1 aromatic carbocycles. The highest BCUT2D eigenvalue weighted by Crippen LogP contribution is 2.21. The van der Waals surface area contributed by atoms with Gasteiger partial charge in [-0.05, 0) is 26.8 Å². The number of hydrogen-bond donors (Lipinski definition) is 1. The van der Waals surface area contributed by atoms with E-state index in [1.54, 1.807) is 0 Å². The number of hydrogen-bond acceptors (Lipinski definition) is 2. The van der Waals surface area contributed by atoms with Gasteiger partial charge in [0.1, 0.15) is 5.75 Å². The van der Waals surface area contributed by atoms with Crippen LogP contribution in [0.4, 0.5) is 0 Å². The fourth-order valence-corrected chi connectivity index (χ4v) is 1.53. The third-order valence-corrected chi connectivity index (χ3v) is 2.28. The topological polar surface area (TPSA) is 21.3 Å². The lowest BCUT2D eigenvalue weighted by molar-refractivity contribution is 0.239. The number of rotatable bonds is 5. The first-order chi connectivity index (χ1) is 7.49. The van der Waals surface area contributed by atoms with Crippen LogP contribution in [0.2, 0.25) is 0 Å². The first-order valence-electron chi connectivity index (χ1n) is 5.98. The van der Waals surface area contributed by atoms with E-state index in [1.165, 1.54) is 11.1 Å². The minimum atomic E-state index is 0.223. The van der Waals surface area contributed by atoms with Crippen molar-refractivity contribution in [2.24, 2.45) is 0 Å². The summed E-state index contributed by atoms with van der Waals surface area (Å²) in [6.45, 7) is 11.4. The zero-order valence-electron chi connectivity index (χ0n) is 11.0. The van der Waals surface area contributed by atoms with Crippen molar-refractivity contribution >= 4 is 0 Å². The molecule has 0 amide bonds. The smallest absolute Gasteiger partial charge is 0.124 e. The summed E-state index contributed by atoms with van der Waals surface area (Å²) in [5.74, 6) is 0.994. The van der Waals surface area contributed by atoms with E-state index in [2.05, 4.69) is 58.1 Å². The SMILES string of the molecule is Cc1ccc(OC(C)C)c(CNC(C)C)c1. The average molecular weight is 221 g/mol. The molecule has 0 heterocycles. The summed E-state index contributed by atoms with van der Waals surface area (Å²) in [6, 6.07) is 6.84. The van der Waals surface area contributed by atoms with Crippen molar-refractivity contribution in [2.75, 3.05) is 0 Å². The van der Waals surface area contributed by atoms with Gasteiger partial charge in [0.25, 0.3) is 0 Å². The second kappa shape index (κ2) is 5.90. The molecule has 0 fully saturated rings. The van der Waals surface area contributed by atoms with Crippen LogP contribution in [-0.4, -0.2) is 12.1 Å². The highest BCUT2D eigenvalue weighted by molar-refractivity contribution is 5.37. The quantitative estimate of drug-likeness (QED) is 0.824. The van der Waals surface area contributed by atoms with Crippen LogP contribution in [0.3, 0.4) is 0 Å². The molecule has 0 spiro atoms. The van der Waals surface area contributed by atoms with E-state index in [1.807, 2.05) is 0 Å². The van der Waals surface area contributed by atoms with Crippen molar-refractivity contribution in [3.63, 3.8) is 0 Å². The minimum absolute atomic E-state index is 0.223. The summed E-state index contributed by atoms with van der Waals surface area (Å²) in [6.07, 6.45) is 0.223. The lowest BCUT2D eigenvalue weighted by atomic mass is 10.1. The van der Waals surface area contributed by atoms with E-state index in [-0.39, 0.29) is 6.10 Å². The maximum Gasteiger partial charge on any atom is 0.124 e. The number of ether oxygens (including phenoxy) is 1. The lowest BCUT2D eigenvalue weighted by Gasteiger charge is -2.16. The lowest BCUT2D eigenvalue weighted by Crippen LogP contribution is -2.22. The van der Waals surface area contributed by atoms with Gasteiger partial charge in [-0.15, -0.1) is 0 Å². The molecule has 0 saturated carbocycles. The summed E-state index contributed by atoms with van der Waals surface area (Å²) >= 11 is 0. The van der Waals surface area contributed by atoms with Crippen LogP contribution in [0.15, 0.2) is 18.2 Å². The normalized spacial score (nSPS) is 11.2. The van der Waals surface area contributed by atoms with E-state index in [9.17, 15) is 0 Å². The highest BCUT2D eigenvalue weighted by atomic mass is 16.5. The predicted molar refractivity (Wildman–Crippen MR) is 68.9 cm³/mol. The molecule has 1 aromatic rings. The van der Waals surface area contributed by atoms with Gasteiger partial charge >= 0.3 is 0 Å². The Morgan fingerprint density at radius 1 is 1.19 bits per heavy atom. The van der Waals surface area contributed by atoms with E-state index in [4.69, 9.17) is 4.74 Å². The Kier molecular flexibility index (Phi) is 4.81. The van der Waals surface area contributed by atoms with Gasteiger partial charge in [-0.1, -0.05) is 31.5 Å². The maximum atomic E-state index is 5.79. The summed E-state index contributed by atoms with van der Waals surface area (Å²) in [5.41, 5.74) is 2.51. The van der Waals surface area contributed by atoms with Crippen LogP contribution in [0.1, 0.15) is 38.8 Å². The predicted octanol–water partition coefficient (Wildman–Crippen LogP) is 3.28. The molecule has 0 aromatic heterocycles. The fourth-order valence-electron chi connectivity index (χ4n) is 1.53. The molecule has 0 aliphatic carbocycles. The third-order valence-electron chi connectivity index (χ3n) is 2.28. The molecule has 90 valence electrons. The Morgan fingerprint density at radius 3 is 2.44 bits per heavy atom. The zero-order valence-corrected chi connectivity index (χ0v) is 11.0. The molecule has 0 aliphatic heterocycles. The first kappa shape index (κ1) is 13.0. The number of aryl methyl sites for hydroxylation is 1. The van der Waals surface area contributed by atoms with E-state index in [0.29, 0.717) is 6.04 Å². The van der Waals surface area contributed by atoms with Crippen molar-refractivity contribution in [1.82, 2.24) is 5.32 Å². The standard InChI is InChI=1S/C14H23NO/c1-10(2)15-9-13-8-12(5)6-7-14(13)16-11(3)4/h6-8,10-11,15H,9H2,1-5H3. The van der Waals surface area contributed by atoms with Gasteiger partial charge in [0.15, 0.2) is 0 Å². The maximum absolute atomic E-state index is 5.79. The molecule has 0 unspecified atom stereocenters. The first-order valence-corrected chi connectivity index (χ1v) is 5.98. The molecule has 2 nitrogen and oxygen atoms in total. The fraction of sp³-hybridized carbons (Fsp3) is 0.571. The van der Waals surface area contributed by atoms with Crippen LogP contribution >= 0.6 is 0 Å². The molecule has 1 N–H and O–H groups in total. The summed E-state index contributed by atoms with van der Waals surface area (Å²) in [5, 5.41) is 3.42. The summed E-state index contributed by atoms with van der Waals surface area (Å²) in [4.78, 5) is 0. The molecule has 2 heteroatoms. The second-order valence-corrected chi connectivity index (χ2v) is 4.81. The van der Waals surface area contributed by atoms with Gasteiger partial charge in [-0.3, -0.25) is 0 Å². The van der Waals surface area contributed by atoms with E-state index < -0.39 is 0 Å². The molecular formula is C14H23NO. The Hall–Kier alpha value is -1.02. The summed E-state index contributed by atoms with van der Waals surface area (Å²) < 4.78 is 5.79. The Labute approximate surface area is 99.0 Å². The monoisotopic (exact) mass is 221 g/mol. The zero-order chi connectivity index (χ0) is 12.1. The molecule has 0 radical (unpaired) electrons. The Bertz CT molecular complexity index is 332. The average Bonchev–Trinajstić information content (AvgIpc) is 2.17. The number of benzene rings is 1. The van der Waals surface area contributed by atoms with Crippen molar-refractivity contribution in [3.8, 4) is 5.75 Å². The van der Waals surface area contributed by atoms with Crippen LogP contribution in [0.5, 0.6) is 5.75 Å². The van der Waals surface area contributed by atoms with E-state index >= 15 is 0 Å². The summed E-state index contributed by atoms with van der Waals surface area (Å²) in [7, 11) is 0.